The van der Waals surface area contributed by atoms with Crippen molar-refractivity contribution < 1.29 is 4.79 Å². The molecular weight excluding hydrogens is 331 g/mol. The standard InChI is InChI=1S/C18H18Cl2N2O/c19-16-7-6-15(17(20)12-16)13-21-8-10-22(11-9-21)18(23)14-4-2-1-3-5-14/h1-7,12H,8-11,13H2. The summed E-state index contributed by atoms with van der Waals surface area (Å²) in [7, 11) is 0. The number of hydrogen-bond donors (Lipinski definition) is 0. The fraction of sp³-hybridized carbons (Fsp3) is 0.278. The van der Waals surface area contributed by atoms with Crippen LogP contribution < -0.4 is 0 Å². The zero-order valence-corrected chi connectivity index (χ0v) is 14.2. The summed E-state index contributed by atoms with van der Waals surface area (Å²) in [6, 6.07) is 15.0. The molecule has 0 atom stereocenters. The van der Waals surface area contributed by atoms with E-state index in [4.69, 9.17) is 23.2 Å². The summed E-state index contributed by atoms with van der Waals surface area (Å²) in [5.41, 5.74) is 1.82. The van der Waals surface area contributed by atoms with Crippen molar-refractivity contribution in [3.05, 3.63) is 69.7 Å². The Morgan fingerprint density at radius 3 is 2.30 bits per heavy atom. The van der Waals surface area contributed by atoms with Crippen LogP contribution >= 0.6 is 23.2 Å². The smallest absolute Gasteiger partial charge is 0.253 e. The van der Waals surface area contributed by atoms with Crippen LogP contribution in [0.1, 0.15) is 15.9 Å². The van der Waals surface area contributed by atoms with E-state index < -0.39 is 0 Å². The Morgan fingerprint density at radius 2 is 1.65 bits per heavy atom. The first-order valence-corrected chi connectivity index (χ1v) is 8.40. The van der Waals surface area contributed by atoms with Gasteiger partial charge >= 0.3 is 0 Å². The van der Waals surface area contributed by atoms with E-state index in [2.05, 4.69) is 4.90 Å². The highest BCUT2D eigenvalue weighted by molar-refractivity contribution is 6.35. The molecule has 1 saturated heterocycles. The predicted molar refractivity (Wildman–Crippen MR) is 94.1 cm³/mol. The topological polar surface area (TPSA) is 23.6 Å². The zero-order chi connectivity index (χ0) is 16.2. The minimum atomic E-state index is 0.106. The molecule has 0 aromatic heterocycles. The fourth-order valence-corrected chi connectivity index (χ4v) is 3.23. The van der Waals surface area contributed by atoms with E-state index in [1.54, 1.807) is 6.07 Å². The molecule has 1 aliphatic heterocycles. The summed E-state index contributed by atoms with van der Waals surface area (Å²) >= 11 is 12.2. The molecule has 1 aliphatic rings. The van der Waals surface area contributed by atoms with Gasteiger partial charge in [-0.25, -0.2) is 0 Å². The lowest BCUT2D eigenvalue weighted by molar-refractivity contribution is 0.0628. The summed E-state index contributed by atoms with van der Waals surface area (Å²) in [5.74, 6) is 0.106. The first kappa shape index (κ1) is 16.3. The van der Waals surface area contributed by atoms with E-state index in [9.17, 15) is 4.79 Å². The molecule has 1 fully saturated rings. The van der Waals surface area contributed by atoms with Gasteiger partial charge in [0, 0.05) is 48.3 Å². The number of carbonyl (C=O) groups excluding carboxylic acids is 1. The second-order valence-electron chi connectivity index (χ2n) is 5.67. The van der Waals surface area contributed by atoms with Gasteiger partial charge < -0.3 is 4.90 Å². The zero-order valence-electron chi connectivity index (χ0n) is 12.7. The molecule has 1 heterocycles. The van der Waals surface area contributed by atoms with Crippen molar-refractivity contribution in [2.45, 2.75) is 6.54 Å². The molecule has 23 heavy (non-hydrogen) atoms. The van der Waals surface area contributed by atoms with E-state index in [0.29, 0.717) is 10.0 Å². The molecule has 1 amide bonds. The van der Waals surface area contributed by atoms with E-state index >= 15 is 0 Å². The molecule has 120 valence electrons. The van der Waals surface area contributed by atoms with Gasteiger partial charge in [-0.3, -0.25) is 9.69 Å². The number of piperazine rings is 1. The van der Waals surface area contributed by atoms with E-state index in [-0.39, 0.29) is 5.91 Å². The Hall–Kier alpha value is -1.55. The van der Waals surface area contributed by atoms with Crippen LogP contribution in [0.2, 0.25) is 10.0 Å². The van der Waals surface area contributed by atoms with Gasteiger partial charge in [-0.05, 0) is 29.8 Å². The molecule has 2 aromatic carbocycles. The van der Waals surface area contributed by atoms with Crippen LogP contribution in [0.25, 0.3) is 0 Å². The van der Waals surface area contributed by atoms with Gasteiger partial charge in [0.1, 0.15) is 0 Å². The van der Waals surface area contributed by atoms with Crippen LogP contribution in [0.5, 0.6) is 0 Å². The van der Waals surface area contributed by atoms with Crippen molar-refractivity contribution in [2.75, 3.05) is 26.2 Å². The first-order chi connectivity index (χ1) is 11.1. The molecular formula is C18H18Cl2N2O. The predicted octanol–water partition coefficient (Wildman–Crippen LogP) is 3.95. The Balaban J connectivity index is 1.57. The van der Waals surface area contributed by atoms with Crippen molar-refractivity contribution in [3.8, 4) is 0 Å². The lowest BCUT2D eigenvalue weighted by Gasteiger charge is -2.35. The highest BCUT2D eigenvalue weighted by Gasteiger charge is 2.22. The third-order valence-electron chi connectivity index (χ3n) is 4.09. The van der Waals surface area contributed by atoms with Crippen molar-refractivity contribution in [1.82, 2.24) is 9.80 Å². The molecule has 3 nitrogen and oxygen atoms in total. The summed E-state index contributed by atoms with van der Waals surface area (Å²) < 4.78 is 0. The second kappa shape index (κ2) is 7.35. The maximum Gasteiger partial charge on any atom is 0.253 e. The quantitative estimate of drug-likeness (QED) is 0.838. The Morgan fingerprint density at radius 1 is 0.957 bits per heavy atom. The summed E-state index contributed by atoms with van der Waals surface area (Å²) in [6.45, 7) is 3.94. The van der Waals surface area contributed by atoms with Crippen molar-refractivity contribution in [1.29, 1.82) is 0 Å². The lowest BCUT2D eigenvalue weighted by atomic mass is 10.1. The summed E-state index contributed by atoms with van der Waals surface area (Å²) in [4.78, 5) is 16.6. The monoisotopic (exact) mass is 348 g/mol. The van der Waals surface area contributed by atoms with Gasteiger partial charge in [-0.15, -0.1) is 0 Å². The number of rotatable bonds is 3. The van der Waals surface area contributed by atoms with Gasteiger partial charge in [0.2, 0.25) is 0 Å². The number of nitrogens with zero attached hydrogens (tertiary/aromatic N) is 2. The Bertz CT molecular complexity index is 683. The van der Waals surface area contributed by atoms with Gasteiger partial charge in [0.05, 0.1) is 0 Å². The lowest BCUT2D eigenvalue weighted by Crippen LogP contribution is -2.48. The first-order valence-electron chi connectivity index (χ1n) is 7.64. The molecule has 0 aliphatic carbocycles. The third-order valence-corrected chi connectivity index (χ3v) is 4.68. The number of amides is 1. The summed E-state index contributed by atoms with van der Waals surface area (Å²) in [6.07, 6.45) is 0. The Labute approximate surface area is 146 Å². The maximum atomic E-state index is 12.4. The largest absolute Gasteiger partial charge is 0.336 e. The number of halogens is 2. The second-order valence-corrected chi connectivity index (χ2v) is 6.51. The molecule has 0 bridgehead atoms. The molecule has 0 unspecified atom stereocenters. The van der Waals surface area contributed by atoms with Crippen molar-refractivity contribution >= 4 is 29.1 Å². The maximum absolute atomic E-state index is 12.4. The van der Waals surface area contributed by atoms with Gasteiger partial charge in [-0.2, -0.15) is 0 Å². The van der Waals surface area contributed by atoms with E-state index in [0.717, 1.165) is 43.9 Å². The molecule has 0 N–H and O–H groups in total. The van der Waals surface area contributed by atoms with Gasteiger partial charge in [0.25, 0.3) is 5.91 Å². The van der Waals surface area contributed by atoms with E-state index in [1.165, 1.54) is 0 Å². The van der Waals surface area contributed by atoms with Crippen molar-refractivity contribution in [2.24, 2.45) is 0 Å². The van der Waals surface area contributed by atoms with Crippen LogP contribution in [0.15, 0.2) is 48.5 Å². The van der Waals surface area contributed by atoms with Crippen LogP contribution in [0.4, 0.5) is 0 Å². The van der Waals surface area contributed by atoms with Gasteiger partial charge in [0.15, 0.2) is 0 Å². The Kier molecular flexibility index (Phi) is 5.21. The minimum Gasteiger partial charge on any atom is -0.336 e. The number of carbonyl (C=O) groups is 1. The molecule has 0 spiro atoms. The highest BCUT2D eigenvalue weighted by Crippen LogP contribution is 2.22. The third kappa shape index (κ3) is 4.05. The van der Waals surface area contributed by atoms with Crippen LogP contribution in [-0.4, -0.2) is 41.9 Å². The van der Waals surface area contributed by atoms with Crippen LogP contribution in [-0.2, 0) is 6.54 Å². The highest BCUT2D eigenvalue weighted by atomic mass is 35.5. The number of hydrogen-bond acceptors (Lipinski definition) is 2. The minimum absolute atomic E-state index is 0.106. The van der Waals surface area contributed by atoms with Gasteiger partial charge in [-0.1, -0.05) is 47.5 Å². The van der Waals surface area contributed by atoms with Crippen molar-refractivity contribution in [3.63, 3.8) is 0 Å². The summed E-state index contributed by atoms with van der Waals surface area (Å²) in [5, 5.41) is 1.34. The normalized spacial score (nSPS) is 15.7. The van der Waals surface area contributed by atoms with Crippen LogP contribution in [0.3, 0.4) is 0 Å². The number of benzene rings is 2. The SMILES string of the molecule is O=C(c1ccccc1)N1CCN(Cc2ccc(Cl)cc2Cl)CC1. The average Bonchev–Trinajstić information content (AvgIpc) is 2.58. The molecule has 0 saturated carbocycles. The average molecular weight is 349 g/mol. The van der Waals surface area contributed by atoms with Crippen LogP contribution in [0, 0.1) is 0 Å². The molecule has 2 aromatic rings. The fourth-order valence-electron chi connectivity index (χ4n) is 2.76. The molecule has 0 radical (unpaired) electrons. The molecule has 3 rings (SSSR count). The molecule has 5 heteroatoms. The van der Waals surface area contributed by atoms with E-state index in [1.807, 2.05) is 47.4 Å².